The van der Waals surface area contributed by atoms with Gasteiger partial charge in [-0.1, -0.05) is 16.6 Å². The topological polar surface area (TPSA) is 58.1 Å². The number of nitrogens with one attached hydrogen (secondary N) is 1. The first kappa shape index (κ1) is 13.2. The Morgan fingerprint density at radius 3 is 2.79 bits per heavy atom. The number of rotatable bonds is 5. The van der Waals surface area contributed by atoms with Gasteiger partial charge in [-0.15, -0.1) is 18.3 Å². The zero-order chi connectivity index (χ0) is 13.7. The second-order valence-corrected chi connectivity index (χ2v) is 4.65. The Morgan fingerprint density at radius 2 is 2.11 bits per heavy atom. The largest absolute Gasteiger partial charge is 0.322 e. The summed E-state index contributed by atoms with van der Waals surface area (Å²) >= 11 is 1.33. The van der Waals surface area contributed by atoms with Crippen molar-refractivity contribution >= 4 is 33.5 Å². The fourth-order valence-corrected chi connectivity index (χ4v) is 2.15. The maximum absolute atomic E-state index is 12.1. The van der Waals surface area contributed by atoms with E-state index in [1.54, 1.807) is 23.1 Å². The quantitative estimate of drug-likeness (QED) is 0.853. The molecule has 0 atom stereocenters. The molecule has 0 radical (unpaired) electrons. The Bertz CT molecular complexity index is 597. The van der Waals surface area contributed by atoms with Gasteiger partial charge in [0.15, 0.2) is 0 Å². The minimum atomic E-state index is -0.192. The Labute approximate surface area is 115 Å². The van der Waals surface area contributed by atoms with Crippen LogP contribution in [0.25, 0.3) is 10.2 Å². The molecule has 0 fully saturated rings. The Kier molecular flexibility index (Phi) is 4.25. The van der Waals surface area contributed by atoms with E-state index in [0.717, 1.165) is 10.2 Å². The molecule has 0 saturated heterocycles. The van der Waals surface area contributed by atoms with Crippen LogP contribution in [0.3, 0.4) is 0 Å². The van der Waals surface area contributed by atoms with Gasteiger partial charge in [0.05, 0.1) is 4.70 Å². The van der Waals surface area contributed by atoms with Crippen molar-refractivity contribution in [1.82, 2.24) is 14.5 Å². The molecule has 2 amide bonds. The van der Waals surface area contributed by atoms with Crippen LogP contribution in [0.1, 0.15) is 0 Å². The molecule has 6 heteroatoms. The van der Waals surface area contributed by atoms with E-state index in [9.17, 15) is 4.79 Å². The van der Waals surface area contributed by atoms with Crippen molar-refractivity contribution in [2.45, 2.75) is 0 Å². The Hall–Kier alpha value is -2.21. The summed E-state index contributed by atoms with van der Waals surface area (Å²) in [6.45, 7) is 8.21. The van der Waals surface area contributed by atoms with Gasteiger partial charge < -0.3 is 10.2 Å². The van der Waals surface area contributed by atoms with Crippen molar-refractivity contribution in [2.24, 2.45) is 0 Å². The van der Waals surface area contributed by atoms with Crippen molar-refractivity contribution in [3.05, 3.63) is 43.5 Å². The third-order valence-corrected chi connectivity index (χ3v) is 3.19. The van der Waals surface area contributed by atoms with Crippen molar-refractivity contribution in [3.63, 3.8) is 0 Å². The number of hydrogen-bond acceptors (Lipinski definition) is 4. The molecule has 1 N–H and O–H groups in total. The predicted molar refractivity (Wildman–Crippen MR) is 78.4 cm³/mol. The molecule has 0 saturated carbocycles. The zero-order valence-electron chi connectivity index (χ0n) is 10.4. The highest BCUT2D eigenvalue weighted by Crippen LogP contribution is 2.19. The molecule has 0 bridgehead atoms. The molecule has 98 valence electrons. The summed E-state index contributed by atoms with van der Waals surface area (Å²) in [4.78, 5) is 13.7. The van der Waals surface area contributed by atoms with Crippen LogP contribution in [0, 0.1) is 0 Å². The summed E-state index contributed by atoms with van der Waals surface area (Å²) in [5.74, 6) is 0. The molecular formula is C13H14N4OS. The molecular weight excluding hydrogens is 260 g/mol. The first-order chi connectivity index (χ1) is 9.24. The highest BCUT2D eigenvalue weighted by molar-refractivity contribution is 7.12. The number of urea groups is 1. The van der Waals surface area contributed by atoms with Crippen LogP contribution in [0.2, 0.25) is 0 Å². The van der Waals surface area contributed by atoms with Crippen LogP contribution >= 0.6 is 11.5 Å². The molecule has 0 spiro atoms. The van der Waals surface area contributed by atoms with Crippen LogP contribution in [-0.2, 0) is 0 Å². The highest BCUT2D eigenvalue weighted by Gasteiger charge is 2.11. The van der Waals surface area contributed by atoms with E-state index < -0.39 is 0 Å². The molecule has 1 aromatic heterocycles. The third kappa shape index (κ3) is 3.17. The van der Waals surface area contributed by atoms with E-state index in [2.05, 4.69) is 28.1 Å². The monoisotopic (exact) mass is 274 g/mol. The molecule has 0 aliphatic carbocycles. The standard InChI is InChI=1S/C13H14N4OS/c1-3-7-17(8-4-2)13(18)14-10-5-6-12-11(9-10)15-16-19-12/h3-6,9H,1-2,7-8H2,(H,14,18). The lowest BCUT2D eigenvalue weighted by atomic mass is 10.3. The van der Waals surface area contributed by atoms with Gasteiger partial charge in [-0.05, 0) is 29.7 Å². The summed E-state index contributed by atoms with van der Waals surface area (Å²) in [6.07, 6.45) is 3.35. The minimum absolute atomic E-state index is 0.192. The normalized spacial score (nSPS) is 10.1. The van der Waals surface area contributed by atoms with Gasteiger partial charge in [-0.3, -0.25) is 0 Å². The van der Waals surface area contributed by atoms with Crippen molar-refractivity contribution < 1.29 is 4.79 Å². The second kappa shape index (κ2) is 6.10. The van der Waals surface area contributed by atoms with Gasteiger partial charge in [-0.25, -0.2) is 4.79 Å². The maximum Gasteiger partial charge on any atom is 0.322 e. The average molecular weight is 274 g/mol. The molecule has 5 nitrogen and oxygen atoms in total. The van der Waals surface area contributed by atoms with E-state index in [-0.39, 0.29) is 6.03 Å². The van der Waals surface area contributed by atoms with Gasteiger partial charge in [0.1, 0.15) is 5.52 Å². The van der Waals surface area contributed by atoms with E-state index >= 15 is 0 Å². The molecule has 0 aliphatic heterocycles. The average Bonchev–Trinajstić information content (AvgIpc) is 2.86. The predicted octanol–water partition coefficient (Wildman–Crippen LogP) is 2.90. The highest BCUT2D eigenvalue weighted by atomic mass is 32.1. The number of carbonyl (C=O) groups is 1. The lowest BCUT2D eigenvalue weighted by Gasteiger charge is -2.19. The van der Waals surface area contributed by atoms with E-state index in [0.29, 0.717) is 18.8 Å². The van der Waals surface area contributed by atoms with Crippen molar-refractivity contribution in [1.29, 1.82) is 0 Å². The van der Waals surface area contributed by atoms with Gasteiger partial charge in [-0.2, -0.15) is 0 Å². The summed E-state index contributed by atoms with van der Waals surface area (Å²) in [5, 5.41) is 6.80. The number of anilines is 1. The number of amides is 2. The molecule has 1 aromatic carbocycles. The fourth-order valence-electron chi connectivity index (χ4n) is 1.61. The lowest BCUT2D eigenvalue weighted by molar-refractivity contribution is 0.222. The number of nitrogens with zero attached hydrogens (tertiary/aromatic N) is 3. The summed E-state index contributed by atoms with van der Waals surface area (Å²) in [6, 6.07) is 5.33. The molecule has 0 aliphatic rings. The summed E-state index contributed by atoms with van der Waals surface area (Å²) in [5.41, 5.74) is 1.48. The SMILES string of the molecule is C=CCN(CC=C)C(=O)Nc1ccc2snnc2c1. The smallest absolute Gasteiger partial charge is 0.317 e. The number of fused-ring (bicyclic) bond motifs is 1. The van der Waals surface area contributed by atoms with Crippen LogP contribution in [0.4, 0.5) is 10.5 Å². The number of hydrogen-bond donors (Lipinski definition) is 1. The Balaban J connectivity index is 2.11. The number of benzene rings is 1. The molecule has 19 heavy (non-hydrogen) atoms. The maximum atomic E-state index is 12.1. The molecule has 2 rings (SSSR count). The fraction of sp³-hybridized carbons (Fsp3) is 0.154. The second-order valence-electron chi connectivity index (χ2n) is 3.87. The molecule has 2 aromatic rings. The minimum Gasteiger partial charge on any atom is -0.317 e. The van der Waals surface area contributed by atoms with Crippen LogP contribution in [0.15, 0.2) is 43.5 Å². The van der Waals surface area contributed by atoms with Gasteiger partial charge >= 0.3 is 6.03 Å². The molecule has 0 unspecified atom stereocenters. The van der Waals surface area contributed by atoms with Crippen LogP contribution in [0.5, 0.6) is 0 Å². The van der Waals surface area contributed by atoms with E-state index in [1.165, 1.54) is 11.5 Å². The van der Waals surface area contributed by atoms with Gasteiger partial charge in [0, 0.05) is 18.8 Å². The van der Waals surface area contributed by atoms with Crippen molar-refractivity contribution in [3.8, 4) is 0 Å². The first-order valence-corrected chi connectivity index (χ1v) is 6.51. The zero-order valence-corrected chi connectivity index (χ0v) is 11.2. The summed E-state index contributed by atoms with van der Waals surface area (Å²) < 4.78 is 4.85. The van der Waals surface area contributed by atoms with Gasteiger partial charge in [0.2, 0.25) is 0 Å². The van der Waals surface area contributed by atoms with Crippen LogP contribution < -0.4 is 5.32 Å². The summed E-state index contributed by atoms with van der Waals surface area (Å²) in [7, 11) is 0. The number of aromatic nitrogens is 2. The molecule has 1 heterocycles. The van der Waals surface area contributed by atoms with E-state index in [4.69, 9.17) is 0 Å². The third-order valence-electron chi connectivity index (χ3n) is 2.48. The van der Waals surface area contributed by atoms with Crippen molar-refractivity contribution in [2.75, 3.05) is 18.4 Å². The Morgan fingerprint density at radius 1 is 1.37 bits per heavy atom. The first-order valence-electron chi connectivity index (χ1n) is 5.74. The van der Waals surface area contributed by atoms with Crippen LogP contribution in [-0.4, -0.2) is 33.6 Å². The lowest BCUT2D eigenvalue weighted by Crippen LogP contribution is -2.35. The van der Waals surface area contributed by atoms with Gasteiger partial charge in [0.25, 0.3) is 0 Å². The van der Waals surface area contributed by atoms with E-state index in [1.807, 2.05) is 12.1 Å². The number of carbonyl (C=O) groups excluding carboxylic acids is 1.